The Balaban J connectivity index is 3.13. The van der Waals surface area contributed by atoms with Gasteiger partial charge in [-0.2, -0.15) is 12.6 Å². The third kappa shape index (κ3) is 2.41. The minimum Gasteiger partial charge on any atom is -0.393 e. The smallest absolute Gasteiger partial charge is 0.293 e. The van der Waals surface area contributed by atoms with Gasteiger partial charge in [0.1, 0.15) is 5.69 Å². The second-order valence-corrected chi connectivity index (χ2v) is 2.81. The third-order valence-corrected chi connectivity index (χ3v) is 1.70. The summed E-state index contributed by atoms with van der Waals surface area (Å²) in [7, 11) is 0. The van der Waals surface area contributed by atoms with Crippen molar-refractivity contribution >= 4 is 24.0 Å². The first-order chi connectivity index (χ1) is 6.65. The molecular weight excluding hydrogens is 200 g/mol. The zero-order valence-corrected chi connectivity index (χ0v) is 8.12. The van der Waals surface area contributed by atoms with Crippen LogP contribution in [0, 0.1) is 22.0 Å². The highest BCUT2D eigenvalue weighted by atomic mass is 32.1. The molecule has 0 heterocycles. The lowest BCUT2D eigenvalue weighted by Crippen LogP contribution is -1.95. The molecule has 0 atom stereocenters. The highest BCUT2D eigenvalue weighted by molar-refractivity contribution is 7.80. The fourth-order valence-corrected chi connectivity index (χ4v) is 1.00. The van der Waals surface area contributed by atoms with Crippen LogP contribution in [0.2, 0.25) is 0 Å². The first-order valence-corrected chi connectivity index (χ1v) is 4.42. The van der Waals surface area contributed by atoms with E-state index >= 15 is 0 Å². The largest absolute Gasteiger partial charge is 0.393 e. The zero-order valence-electron chi connectivity index (χ0n) is 7.23. The monoisotopic (exact) mass is 208 g/mol. The van der Waals surface area contributed by atoms with Crippen LogP contribution >= 0.6 is 12.6 Å². The van der Waals surface area contributed by atoms with Gasteiger partial charge in [0.05, 0.1) is 10.7 Å². The minimum absolute atomic E-state index is 0.115. The van der Waals surface area contributed by atoms with Crippen molar-refractivity contribution in [1.82, 2.24) is 0 Å². The van der Waals surface area contributed by atoms with E-state index in [1.165, 1.54) is 12.1 Å². The number of benzene rings is 1. The van der Waals surface area contributed by atoms with Crippen LogP contribution in [0.3, 0.4) is 0 Å². The van der Waals surface area contributed by atoms with Crippen LogP contribution in [0.1, 0.15) is 5.56 Å². The molecule has 2 N–H and O–H groups in total. The summed E-state index contributed by atoms with van der Waals surface area (Å²) in [5, 5.41) is 10.5. The van der Waals surface area contributed by atoms with E-state index in [1.807, 2.05) is 0 Å². The van der Waals surface area contributed by atoms with Crippen molar-refractivity contribution in [1.29, 1.82) is 0 Å². The molecule has 0 radical (unpaired) electrons. The molecule has 14 heavy (non-hydrogen) atoms. The summed E-state index contributed by atoms with van der Waals surface area (Å²) in [5.74, 6) is 5.85. The molecule has 0 aliphatic carbocycles. The van der Waals surface area contributed by atoms with Gasteiger partial charge in [-0.05, 0) is 12.1 Å². The molecule has 1 aromatic rings. The molecule has 72 valence electrons. The van der Waals surface area contributed by atoms with E-state index in [4.69, 9.17) is 5.73 Å². The molecule has 0 bridgehead atoms. The number of nitrogen functional groups attached to an aromatic ring is 1. The number of hydrogen-bond acceptors (Lipinski definition) is 4. The molecular formula is C9H8N2O2S. The second kappa shape index (κ2) is 4.53. The Hall–Kier alpha value is -1.67. The van der Waals surface area contributed by atoms with Crippen molar-refractivity contribution in [3.63, 3.8) is 0 Å². The van der Waals surface area contributed by atoms with E-state index in [0.717, 1.165) is 0 Å². The van der Waals surface area contributed by atoms with Gasteiger partial charge in [-0.15, -0.1) is 0 Å². The first-order valence-electron chi connectivity index (χ1n) is 3.79. The SMILES string of the molecule is Nc1ccc(C#CCS)cc1[N+](=O)[O-]. The number of nitro groups is 1. The van der Waals surface area contributed by atoms with Gasteiger partial charge in [0.2, 0.25) is 0 Å². The van der Waals surface area contributed by atoms with Gasteiger partial charge in [-0.1, -0.05) is 11.8 Å². The molecule has 0 unspecified atom stereocenters. The van der Waals surface area contributed by atoms with Crippen LogP contribution in [0.15, 0.2) is 18.2 Å². The molecule has 0 spiro atoms. The normalized spacial score (nSPS) is 8.93. The molecule has 0 fully saturated rings. The lowest BCUT2D eigenvalue weighted by Gasteiger charge is -1.96. The van der Waals surface area contributed by atoms with Crippen LogP contribution in [0.4, 0.5) is 11.4 Å². The van der Waals surface area contributed by atoms with E-state index in [9.17, 15) is 10.1 Å². The summed E-state index contributed by atoms with van der Waals surface area (Å²) in [6.07, 6.45) is 0. The Morgan fingerprint density at radius 1 is 1.57 bits per heavy atom. The number of nitrogens with two attached hydrogens (primary N) is 1. The van der Waals surface area contributed by atoms with E-state index in [1.54, 1.807) is 6.07 Å². The van der Waals surface area contributed by atoms with Gasteiger partial charge < -0.3 is 5.73 Å². The van der Waals surface area contributed by atoms with Gasteiger partial charge in [-0.3, -0.25) is 10.1 Å². The lowest BCUT2D eigenvalue weighted by molar-refractivity contribution is -0.383. The number of nitrogens with zero attached hydrogens (tertiary/aromatic N) is 1. The summed E-state index contributed by atoms with van der Waals surface area (Å²) in [6, 6.07) is 4.46. The Labute approximate surface area is 86.7 Å². The average Bonchev–Trinajstić information content (AvgIpc) is 2.16. The molecule has 1 aromatic carbocycles. The molecule has 4 nitrogen and oxygen atoms in total. The van der Waals surface area contributed by atoms with Crippen LogP contribution in [0.25, 0.3) is 0 Å². The topological polar surface area (TPSA) is 69.2 Å². The van der Waals surface area contributed by atoms with Gasteiger partial charge >= 0.3 is 0 Å². The molecule has 1 rings (SSSR count). The standard InChI is InChI=1S/C9H8N2O2S/c10-8-4-3-7(2-1-5-14)6-9(8)11(12)13/h3-4,6,14H,5,10H2. The maximum Gasteiger partial charge on any atom is 0.293 e. The van der Waals surface area contributed by atoms with E-state index < -0.39 is 4.92 Å². The van der Waals surface area contributed by atoms with Crippen LogP contribution in [-0.4, -0.2) is 10.7 Å². The van der Waals surface area contributed by atoms with Crippen molar-refractivity contribution < 1.29 is 4.92 Å². The quantitative estimate of drug-likeness (QED) is 0.241. The van der Waals surface area contributed by atoms with Crippen molar-refractivity contribution in [2.45, 2.75) is 0 Å². The highest BCUT2D eigenvalue weighted by Crippen LogP contribution is 2.21. The summed E-state index contributed by atoms with van der Waals surface area (Å²) < 4.78 is 0. The Morgan fingerprint density at radius 3 is 2.86 bits per heavy atom. The van der Waals surface area contributed by atoms with Gasteiger partial charge in [0.15, 0.2) is 0 Å². The predicted octanol–water partition coefficient (Wildman–Crippen LogP) is 1.46. The second-order valence-electron chi connectivity index (χ2n) is 2.49. The molecule has 0 saturated carbocycles. The Morgan fingerprint density at radius 2 is 2.29 bits per heavy atom. The number of rotatable bonds is 1. The minimum atomic E-state index is -0.527. The fourth-order valence-electron chi connectivity index (χ4n) is 0.921. The summed E-state index contributed by atoms with van der Waals surface area (Å²) >= 11 is 3.91. The lowest BCUT2D eigenvalue weighted by atomic mass is 10.2. The summed E-state index contributed by atoms with van der Waals surface area (Å²) in [5.41, 5.74) is 6.01. The van der Waals surface area contributed by atoms with Gasteiger partial charge in [0, 0.05) is 11.6 Å². The number of anilines is 1. The van der Waals surface area contributed by atoms with E-state index in [0.29, 0.717) is 11.3 Å². The van der Waals surface area contributed by atoms with E-state index in [-0.39, 0.29) is 11.4 Å². The Kier molecular flexibility index (Phi) is 3.37. The number of hydrogen-bond donors (Lipinski definition) is 2. The molecule has 0 aliphatic rings. The zero-order chi connectivity index (χ0) is 10.6. The molecule has 0 aromatic heterocycles. The van der Waals surface area contributed by atoms with Crippen LogP contribution in [-0.2, 0) is 0 Å². The Bertz CT molecular complexity index is 421. The van der Waals surface area contributed by atoms with Gasteiger partial charge in [-0.25, -0.2) is 0 Å². The summed E-state index contributed by atoms with van der Waals surface area (Å²) in [6.45, 7) is 0. The number of thiol groups is 1. The molecule has 0 aliphatic heterocycles. The maximum atomic E-state index is 10.5. The number of nitro benzene ring substituents is 1. The van der Waals surface area contributed by atoms with Crippen molar-refractivity contribution in [2.24, 2.45) is 0 Å². The molecule has 5 heteroatoms. The van der Waals surface area contributed by atoms with Crippen molar-refractivity contribution in [3.05, 3.63) is 33.9 Å². The van der Waals surface area contributed by atoms with E-state index in [2.05, 4.69) is 24.5 Å². The van der Waals surface area contributed by atoms with Crippen molar-refractivity contribution in [3.8, 4) is 11.8 Å². The molecule has 0 amide bonds. The first kappa shape index (κ1) is 10.4. The highest BCUT2D eigenvalue weighted by Gasteiger charge is 2.10. The average molecular weight is 208 g/mol. The third-order valence-electron chi connectivity index (χ3n) is 1.54. The molecule has 0 saturated heterocycles. The van der Waals surface area contributed by atoms with Crippen LogP contribution in [0.5, 0.6) is 0 Å². The van der Waals surface area contributed by atoms with Crippen molar-refractivity contribution in [2.75, 3.05) is 11.5 Å². The predicted molar refractivity (Wildman–Crippen MR) is 58.2 cm³/mol. The fraction of sp³-hybridized carbons (Fsp3) is 0.111. The van der Waals surface area contributed by atoms with Gasteiger partial charge in [0.25, 0.3) is 5.69 Å². The van der Waals surface area contributed by atoms with Crippen LogP contribution < -0.4 is 5.73 Å². The maximum absolute atomic E-state index is 10.5. The summed E-state index contributed by atoms with van der Waals surface area (Å²) in [4.78, 5) is 9.98.